The van der Waals surface area contributed by atoms with E-state index in [1.165, 1.54) is 19.3 Å². The van der Waals surface area contributed by atoms with Crippen LogP contribution in [0, 0.1) is 17.8 Å². The second-order valence-corrected chi connectivity index (χ2v) is 17.8. The van der Waals surface area contributed by atoms with Crippen molar-refractivity contribution >= 4 is 20.1 Å². The number of rotatable bonds is 9. The summed E-state index contributed by atoms with van der Waals surface area (Å²) in [6.07, 6.45) is 3.86. The minimum Gasteiger partial charge on any atom is -0.652 e. The molecule has 0 aliphatic carbocycles. The Morgan fingerprint density at radius 3 is 1.36 bits per heavy atom. The monoisotopic (exact) mass is 550 g/mol. The van der Waals surface area contributed by atoms with E-state index in [0.29, 0.717) is 0 Å². The van der Waals surface area contributed by atoms with E-state index in [1.807, 2.05) is 62.9 Å². The van der Waals surface area contributed by atoms with E-state index in [1.54, 1.807) is 15.8 Å². The van der Waals surface area contributed by atoms with Crippen molar-refractivity contribution in [2.75, 3.05) is 0 Å². The first kappa shape index (κ1) is 40.9. The van der Waals surface area contributed by atoms with Crippen molar-refractivity contribution in [1.29, 1.82) is 0 Å². The van der Waals surface area contributed by atoms with Gasteiger partial charge >= 0.3 is 18.9 Å². The summed E-state index contributed by atoms with van der Waals surface area (Å²) in [6.45, 7) is 31.3. The molecule has 1 aliphatic heterocycles. The topological polar surface area (TPSA) is 34.4 Å². The molecule has 0 aromatic heterocycles. The summed E-state index contributed by atoms with van der Waals surface area (Å²) in [7, 11) is 0. The number of carbonyl (C=O) groups is 1. The van der Waals surface area contributed by atoms with Gasteiger partial charge in [0.15, 0.2) is 0 Å². The van der Waals surface area contributed by atoms with E-state index in [2.05, 4.69) is 69.2 Å². The summed E-state index contributed by atoms with van der Waals surface area (Å²) in [6, 6.07) is 9.90. The smallest absolute Gasteiger partial charge is 0.652 e. The Bertz CT molecular complexity index is 714. The summed E-state index contributed by atoms with van der Waals surface area (Å²) in [5, 5.41) is 9.40. The molecule has 0 spiro atoms. The Hall–Kier alpha value is -0.220. The fourth-order valence-corrected chi connectivity index (χ4v) is 10.5. The molecule has 0 N–H and O–H groups in total. The average Bonchev–Trinajstić information content (AvgIpc) is 2.71. The van der Waals surface area contributed by atoms with Gasteiger partial charge in [0.05, 0.1) is 0 Å². The Morgan fingerprint density at radius 1 is 0.744 bits per heavy atom. The van der Waals surface area contributed by atoms with Gasteiger partial charge < -0.3 is 10.2 Å². The maximum atomic E-state index is 12.2. The first-order valence-corrected chi connectivity index (χ1v) is 17.9. The summed E-state index contributed by atoms with van der Waals surface area (Å²) in [5.74, 6) is 2.89. The number of nitrogens with zero attached hydrogens (tertiary/aromatic N) is 2. The van der Waals surface area contributed by atoms with Gasteiger partial charge in [0, 0.05) is 17.6 Å². The zero-order valence-corrected chi connectivity index (χ0v) is 30.1. The molecule has 220 valence electrons. The number of amides is 1. The van der Waals surface area contributed by atoms with Crippen LogP contribution in [0.5, 0.6) is 0 Å². The Morgan fingerprint density at radius 2 is 1.10 bits per heavy atom. The normalized spacial score (nSPS) is 15.8. The van der Waals surface area contributed by atoms with Crippen molar-refractivity contribution in [3.63, 3.8) is 0 Å². The molecule has 1 heterocycles. The molecule has 39 heavy (non-hydrogen) atoms. The van der Waals surface area contributed by atoms with E-state index in [4.69, 9.17) is 5.32 Å². The van der Waals surface area contributed by atoms with Crippen molar-refractivity contribution in [2.45, 2.75) is 155 Å². The van der Waals surface area contributed by atoms with Crippen LogP contribution in [0.15, 0.2) is 30.3 Å². The minimum absolute atomic E-state index is 0. The van der Waals surface area contributed by atoms with Gasteiger partial charge in [-0.2, -0.15) is 0 Å². The molecule has 5 heteroatoms. The first-order valence-electron chi connectivity index (χ1n) is 15.5. The molecule has 1 amide bonds. The zero-order chi connectivity index (χ0) is 29.7. The summed E-state index contributed by atoms with van der Waals surface area (Å²) < 4.78 is 0. The molecule has 1 aromatic carbocycles. The molecule has 0 unspecified atom stereocenters. The number of hydrogen-bond acceptors (Lipinski definition) is 1. The van der Waals surface area contributed by atoms with Crippen molar-refractivity contribution in [3.05, 3.63) is 41.2 Å². The van der Waals surface area contributed by atoms with Gasteiger partial charge in [-0.25, -0.2) is 0 Å². The molecule has 1 aromatic rings. The summed E-state index contributed by atoms with van der Waals surface area (Å²) >= 11 is -0.407. The molecular weight excluding hydrogens is 486 g/mol. The molecule has 0 atom stereocenters. The number of benzene rings is 1. The fourth-order valence-electron chi connectivity index (χ4n) is 5.97. The number of carbonyl (C=O) groups excluding carboxylic acids is 1. The molecule has 0 bridgehead atoms. The second kappa shape index (κ2) is 19.8. The van der Waals surface area contributed by atoms with Gasteiger partial charge in [-0.1, -0.05) is 140 Å². The number of piperidine rings is 1. The molecule has 1 saturated heterocycles. The largest absolute Gasteiger partial charge is 1.00 e. The van der Waals surface area contributed by atoms with Crippen molar-refractivity contribution in [2.24, 2.45) is 17.8 Å². The predicted molar refractivity (Wildman–Crippen MR) is 173 cm³/mol. The van der Waals surface area contributed by atoms with E-state index in [-0.39, 0.29) is 47.9 Å². The van der Waals surface area contributed by atoms with Gasteiger partial charge in [0.2, 0.25) is 0 Å². The minimum atomic E-state index is -0.407. The van der Waals surface area contributed by atoms with E-state index in [0.717, 1.165) is 23.3 Å². The molecule has 0 saturated carbocycles. The van der Waals surface area contributed by atoms with Gasteiger partial charge in [-0.3, -0.25) is 4.79 Å². The van der Waals surface area contributed by atoms with Crippen LogP contribution in [0.4, 0.5) is 0 Å². The van der Waals surface area contributed by atoms with E-state index >= 15 is 0 Å². The molecule has 3 nitrogen and oxygen atoms in total. The van der Waals surface area contributed by atoms with Crippen LogP contribution in [0.2, 0.25) is 15.8 Å². The van der Waals surface area contributed by atoms with E-state index in [9.17, 15) is 4.79 Å². The maximum absolute atomic E-state index is 12.2. The van der Waals surface area contributed by atoms with Crippen LogP contribution >= 0.6 is 0 Å². The first-order chi connectivity index (χ1) is 17.4. The Balaban J connectivity index is 0. The molecule has 1 fully saturated rings. The van der Waals surface area contributed by atoms with E-state index < -0.39 is 14.1 Å². The second-order valence-electron chi connectivity index (χ2n) is 14.6. The third-order valence-electron chi connectivity index (χ3n) is 6.96. The summed E-state index contributed by atoms with van der Waals surface area (Å²) in [4.78, 5) is 14.1. The SMILES string of the molecule is CC(C)N(C(=O)c1ccccc1)C(C)C.CC(C)[CH2][Al]([CH2]C(C)C)[CH2]C(C)C.CC1(C)CCCC(C)(C)[N-]1.[Li+]. The summed E-state index contributed by atoms with van der Waals surface area (Å²) in [5.41, 5.74) is 1.24. The van der Waals surface area contributed by atoms with Crippen molar-refractivity contribution in [1.82, 2.24) is 4.90 Å². The predicted octanol–water partition coefficient (Wildman–Crippen LogP) is 7.50. The van der Waals surface area contributed by atoms with Crippen molar-refractivity contribution in [3.8, 4) is 0 Å². The molecule has 1 aliphatic rings. The molecule has 0 radical (unpaired) electrons. The third kappa shape index (κ3) is 19.5. The Labute approximate surface area is 261 Å². The fraction of sp³-hybridized carbons (Fsp3) is 0.794. The van der Waals surface area contributed by atoms with Crippen molar-refractivity contribution < 1.29 is 23.7 Å². The van der Waals surface area contributed by atoms with Gasteiger partial charge in [-0.05, 0) is 39.8 Å². The average molecular weight is 551 g/mol. The van der Waals surface area contributed by atoms with Gasteiger partial charge in [-0.15, -0.1) is 11.1 Å². The zero-order valence-electron chi connectivity index (χ0n) is 28.9. The number of hydrogen-bond donors (Lipinski definition) is 0. The third-order valence-corrected chi connectivity index (χ3v) is 11.8. The van der Waals surface area contributed by atoms with Crippen LogP contribution < -0.4 is 18.9 Å². The van der Waals surface area contributed by atoms with Crippen LogP contribution in [0.25, 0.3) is 5.32 Å². The van der Waals surface area contributed by atoms with Crippen LogP contribution in [0.1, 0.15) is 127 Å². The molecular formula is C34H64AlLiN2O. The van der Waals surface area contributed by atoms with Gasteiger partial charge in [0.25, 0.3) is 20.1 Å². The standard InChI is InChI=1S/C13H19NO.C9H18N.3C4H9.Al.Li/c1-10(2)14(11(3)4)13(15)12-8-6-5-7-9-12;1-8(2)6-5-7-9(3,4)10-8;3*1-4(2)3;;/h5-11H,1-4H3;5-7H2,1-4H3;3*4H,1H2,2-3H3;;/q;-1;;;;;+1. The maximum Gasteiger partial charge on any atom is 1.00 e. The van der Waals surface area contributed by atoms with Crippen LogP contribution in [-0.2, 0) is 0 Å². The van der Waals surface area contributed by atoms with Gasteiger partial charge in [0.1, 0.15) is 0 Å². The Kier molecular flexibility index (Phi) is 20.8. The van der Waals surface area contributed by atoms with Crippen LogP contribution in [0.3, 0.4) is 0 Å². The molecule has 2 rings (SSSR count). The van der Waals surface area contributed by atoms with Crippen LogP contribution in [-0.4, -0.2) is 48.1 Å². The quantitative estimate of drug-likeness (QED) is 0.293.